The van der Waals surface area contributed by atoms with Crippen LogP contribution < -0.4 is 10.1 Å². The summed E-state index contributed by atoms with van der Waals surface area (Å²) >= 11 is 0. The molecule has 1 N–H and O–H groups in total. The summed E-state index contributed by atoms with van der Waals surface area (Å²) in [5.41, 5.74) is 0. The normalized spacial score (nSPS) is 18.0. The molecule has 2 rings (SSSR count). The van der Waals surface area contributed by atoms with Gasteiger partial charge in [0.1, 0.15) is 11.6 Å². The number of hydrogen-bond donors (Lipinski definition) is 1. The van der Waals surface area contributed by atoms with E-state index < -0.39 is 0 Å². The van der Waals surface area contributed by atoms with Gasteiger partial charge in [0, 0.05) is 26.1 Å². The van der Waals surface area contributed by atoms with Gasteiger partial charge >= 0.3 is 0 Å². The number of carbonyl (C=O) groups is 1. The molecule has 0 aliphatic carbocycles. The molecule has 20 heavy (non-hydrogen) atoms. The minimum Gasteiger partial charge on any atom is -0.494 e. The monoisotopic (exact) mass is 280 g/mol. The van der Waals surface area contributed by atoms with E-state index in [2.05, 4.69) is 5.32 Å². The summed E-state index contributed by atoms with van der Waals surface area (Å²) in [5.74, 6) is 0.507. The fourth-order valence-corrected chi connectivity index (χ4v) is 2.29. The Hall–Kier alpha value is -1.62. The van der Waals surface area contributed by atoms with Gasteiger partial charge in [0.15, 0.2) is 0 Å². The predicted molar refractivity (Wildman–Crippen MR) is 75.2 cm³/mol. The lowest BCUT2D eigenvalue weighted by molar-refractivity contribution is -0.131. The Labute approximate surface area is 118 Å². The van der Waals surface area contributed by atoms with Crippen LogP contribution in [-0.4, -0.2) is 43.6 Å². The summed E-state index contributed by atoms with van der Waals surface area (Å²) in [6, 6.07) is 6.23. The Kier molecular flexibility index (Phi) is 5.35. The Morgan fingerprint density at radius 3 is 2.85 bits per heavy atom. The lowest BCUT2D eigenvalue weighted by Crippen LogP contribution is -2.38. The molecule has 1 saturated heterocycles. The van der Waals surface area contributed by atoms with Gasteiger partial charge in [0.2, 0.25) is 5.91 Å². The highest BCUT2D eigenvalue weighted by molar-refractivity contribution is 5.76. The van der Waals surface area contributed by atoms with E-state index in [0.29, 0.717) is 31.2 Å². The summed E-state index contributed by atoms with van der Waals surface area (Å²) < 4.78 is 18.2. The molecule has 0 saturated carbocycles. The molecule has 0 aromatic heterocycles. The van der Waals surface area contributed by atoms with Crippen LogP contribution in [0, 0.1) is 5.82 Å². The van der Waals surface area contributed by atoms with Gasteiger partial charge in [-0.2, -0.15) is 0 Å². The van der Waals surface area contributed by atoms with Gasteiger partial charge in [0.05, 0.1) is 6.61 Å². The number of benzene rings is 1. The van der Waals surface area contributed by atoms with Crippen LogP contribution in [0.1, 0.15) is 19.3 Å². The van der Waals surface area contributed by atoms with Crippen LogP contribution in [0.5, 0.6) is 5.75 Å². The third-order valence-electron chi connectivity index (χ3n) is 3.59. The smallest absolute Gasteiger partial charge is 0.222 e. The first-order valence-electron chi connectivity index (χ1n) is 7.01. The number of ether oxygens (including phenoxy) is 1. The molecule has 1 heterocycles. The first kappa shape index (κ1) is 14.8. The minimum absolute atomic E-state index is 0.154. The van der Waals surface area contributed by atoms with Crippen molar-refractivity contribution in [3.63, 3.8) is 0 Å². The fourth-order valence-electron chi connectivity index (χ4n) is 2.29. The molecule has 1 atom stereocenters. The van der Waals surface area contributed by atoms with Crippen molar-refractivity contribution >= 4 is 5.91 Å². The van der Waals surface area contributed by atoms with Crippen molar-refractivity contribution in [3.05, 3.63) is 30.1 Å². The van der Waals surface area contributed by atoms with E-state index in [9.17, 15) is 9.18 Å². The number of amides is 1. The Morgan fingerprint density at radius 2 is 2.20 bits per heavy atom. The van der Waals surface area contributed by atoms with Crippen LogP contribution in [0.2, 0.25) is 0 Å². The zero-order valence-corrected chi connectivity index (χ0v) is 11.8. The van der Waals surface area contributed by atoms with Gasteiger partial charge in [0.25, 0.3) is 0 Å². The van der Waals surface area contributed by atoms with E-state index in [1.54, 1.807) is 12.1 Å². The van der Waals surface area contributed by atoms with Crippen molar-refractivity contribution in [1.82, 2.24) is 10.2 Å². The number of rotatable bonds is 6. The van der Waals surface area contributed by atoms with Crippen LogP contribution >= 0.6 is 0 Å². The average molecular weight is 280 g/mol. The van der Waals surface area contributed by atoms with Crippen molar-refractivity contribution in [3.8, 4) is 5.75 Å². The van der Waals surface area contributed by atoms with Crippen LogP contribution in [0.15, 0.2) is 24.3 Å². The summed E-state index contributed by atoms with van der Waals surface area (Å²) in [6.07, 6.45) is 2.17. The van der Waals surface area contributed by atoms with Gasteiger partial charge in [-0.05, 0) is 43.7 Å². The summed E-state index contributed by atoms with van der Waals surface area (Å²) in [5, 5.41) is 3.25. The van der Waals surface area contributed by atoms with Crippen molar-refractivity contribution in [2.75, 3.05) is 26.7 Å². The highest BCUT2D eigenvalue weighted by atomic mass is 19.1. The lowest BCUT2D eigenvalue weighted by Gasteiger charge is -2.23. The molecule has 110 valence electrons. The predicted octanol–water partition coefficient (Wildman–Crippen LogP) is 1.80. The largest absolute Gasteiger partial charge is 0.494 e. The van der Waals surface area contributed by atoms with E-state index in [1.165, 1.54) is 12.1 Å². The molecular formula is C15H21FN2O2. The molecule has 0 radical (unpaired) electrons. The molecule has 1 aliphatic rings. The molecule has 4 nitrogen and oxygen atoms in total. The van der Waals surface area contributed by atoms with Gasteiger partial charge in [-0.25, -0.2) is 4.39 Å². The molecule has 1 aromatic rings. The van der Waals surface area contributed by atoms with Crippen molar-refractivity contribution in [2.24, 2.45) is 0 Å². The minimum atomic E-state index is -0.278. The molecule has 1 fully saturated rings. The van der Waals surface area contributed by atoms with Crippen molar-refractivity contribution in [1.29, 1.82) is 0 Å². The molecular weight excluding hydrogens is 259 g/mol. The van der Waals surface area contributed by atoms with Crippen LogP contribution in [0.4, 0.5) is 4.39 Å². The van der Waals surface area contributed by atoms with E-state index in [1.807, 2.05) is 11.9 Å². The highest BCUT2D eigenvalue weighted by Gasteiger charge is 2.22. The number of nitrogens with zero attached hydrogens (tertiary/aromatic N) is 1. The number of likely N-dealkylation sites (N-methyl/N-ethyl adjacent to an activating group) is 1. The second kappa shape index (κ2) is 7.24. The number of halogens is 1. The zero-order valence-electron chi connectivity index (χ0n) is 11.8. The van der Waals surface area contributed by atoms with Gasteiger partial charge in [-0.1, -0.05) is 0 Å². The van der Waals surface area contributed by atoms with Crippen LogP contribution in [-0.2, 0) is 4.79 Å². The van der Waals surface area contributed by atoms with Crippen molar-refractivity contribution in [2.45, 2.75) is 25.3 Å². The Morgan fingerprint density at radius 1 is 1.45 bits per heavy atom. The maximum Gasteiger partial charge on any atom is 0.222 e. The number of nitrogens with one attached hydrogen (secondary N) is 1. The van der Waals surface area contributed by atoms with E-state index in [0.717, 1.165) is 19.5 Å². The molecule has 1 aromatic carbocycles. The summed E-state index contributed by atoms with van der Waals surface area (Å²) in [7, 11) is 1.86. The summed E-state index contributed by atoms with van der Waals surface area (Å²) in [4.78, 5) is 13.8. The Bertz CT molecular complexity index is 430. The first-order chi connectivity index (χ1) is 9.66. The highest BCUT2D eigenvalue weighted by Crippen LogP contribution is 2.12. The first-order valence-corrected chi connectivity index (χ1v) is 7.01. The van der Waals surface area contributed by atoms with Gasteiger partial charge in [-0.3, -0.25) is 4.79 Å². The average Bonchev–Trinajstić information content (AvgIpc) is 2.98. The molecule has 1 aliphatic heterocycles. The zero-order chi connectivity index (χ0) is 14.4. The topological polar surface area (TPSA) is 41.6 Å². The molecule has 1 amide bonds. The van der Waals surface area contributed by atoms with Crippen LogP contribution in [0.3, 0.4) is 0 Å². The molecule has 0 bridgehead atoms. The second-order valence-corrected chi connectivity index (χ2v) is 5.06. The third-order valence-corrected chi connectivity index (χ3v) is 3.59. The maximum atomic E-state index is 12.7. The number of carbonyl (C=O) groups excluding carboxylic acids is 1. The Balaban J connectivity index is 1.65. The van der Waals surface area contributed by atoms with E-state index >= 15 is 0 Å². The molecule has 5 heteroatoms. The lowest BCUT2D eigenvalue weighted by atomic mass is 10.2. The standard InChI is InChI=1S/C15H21FN2O2/c1-18(13-8-9-17-11-13)15(19)3-2-10-20-14-6-4-12(16)5-7-14/h4-7,13,17H,2-3,8-11H2,1H3. The SMILES string of the molecule is CN(C(=O)CCCOc1ccc(F)cc1)C1CCNC1. The summed E-state index contributed by atoms with van der Waals surface area (Å²) in [6.45, 7) is 2.33. The molecule has 0 spiro atoms. The maximum absolute atomic E-state index is 12.7. The fraction of sp³-hybridized carbons (Fsp3) is 0.533. The van der Waals surface area contributed by atoms with Crippen LogP contribution in [0.25, 0.3) is 0 Å². The quantitative estimate of drug-likeness (QED) is 0.808. The second-order valence-electron chi connectivity index (χ2n) is 5.06. The van der Waals surface area contributed by atoms with Gasteiger partial charge in [-0.15, -0.1) is 0 Å². The van der Waals surface area contributed by atoms with Gasteiger partial charge < -0.3 is 15.0 Å². The van der Waals surface area contributed by atoms with Crippen molar-refractivity contribution < 1.29 is 13.9 Å². The molecule has 1 unspecified atom stereocenters. The van der Waals surface area contributed by atoms with E-state index in [4.69, 9.17) is 4.74 Å². The van der Waals surface area contributed by atoms with E-state index in [-0.39, 0.29) is 11.7 Å². The number of hydrogen-bond acceptors (Lipinski definition) is 3. The third kappa shape index (κ3) is 4.20.